The van der Waals surface area contributed by atoms with Gasteiger partial charge in [0, 0.05) is 12.8 Å². The Morgan fingerprint density at radius 3 is 1.48 bits per heavy atom. The molecule has 0 saturated carbocycles. The van der Waals surface area contributed by atoms with Crippen LogP contribution in [0.1, 0.15) is 25.7 Å². The van der Waals surface area contributed by atoms with Crippen molar-refractivity contribution >= 4 is 45.0 Å². The smallest absolute Gasteiger partial charge is 0.225 e. The molecule has 202 valence electrons. The highest BCUT2D eigenvalue weighted by Gasteiger charge is 2.08. The number of nitrogens with zero attached hydrogens (tertiary/aromatic N) is 1. The summed E-state index contributed by atoms with van der Waals surface area (Å²) in [4.78, 5) is 29.1. The van der Waals surface area contributed by atoms with Crippen molar-refractivity contribution in [2.45, 2.75) is 25.7 Å². The summed E-state index contributed by atoms with van der Waals surface area (Å²) in [7, 11) is 0. The minimum atomic E-state index is -0.163. The van der Waals surface area contributed by atoms with E-state index in [-0.39, 0.29) is 11.8 Å². The van der Waals surface area contributed by atoms with E-state index >= 15 is 0 Å². The van der Waals surface area contributed by atoms with Crippen LogP contribution in [-0.2, 0) is 9.59 Å². The summed E-state index contributed by atoms with van der Waals surface area (Å²) in [5.74, 6) is 2.01. The predicted molar refractivity (Wildman–Crippen MR) is 159 cm³/mol. The van der Waals surface area contributed by atoms with Crippen LogP contribution in [0.4, 0.5) is 11.6 Å². The second-order valence-electron chi connectivity index (χ2n) is 9.43. The van der Waals surface area contributed by atoms with E-state index in [1.165, 1.54) is 0 Å². The van der Waals surface area contributed by atoms with Gasteiger partial charge in [0.1, 0.15) is 23.1 Å². The van der Waals surface area contributed by atoms with E-state index in [4.69, 9.17) is 9.47 Å². The minimum Gasteiger partial charge on any atom is -0.494 e. The molecule has 1 aromatic heterocycles. The van der Waals surface area contributed by atoms with E-state index in [1.807, 2.05) is 72.8 Å². The molecule has 0 radical (unpaired) electrons. The molecule has 5 rings (SSSR count). The van der Waals surface area contributed by atoms with Crippen molar-refractivity contribution in [3.63, 3.8) is 0 Å². The zero-order valence-electron chi connectivity index (χ0n) is 22.1. The molecule has 0 spiro atoms. The molecule has 2 N–H and O–H groups in total. The van der Waals surface area contributed by atoms with Crippen molar-refractivity contribution < 1.29 is 19.1 Å². The summed E-state index contributed by atoms with van der Waals surface area (Å²) in [6.45, 7) is 0.861. The first-order valence-electron chi connectivity index (χ1n) is 13.4. The number of hydrogen-bond donors (Lipinski definition) is 2. The number of amides is 2. The summed E-state index contributed by atoms with van der Waals surface area (Å²) in [6, 6.07) is 33.2. The Morgan fingerprint density at radius 2 is 1.00 bits per heavy atom. The lowest BCUT2D eigenvalue weighted by Gasteiger charge is -2.10. The average Bonchev–Trinajstić information content (AvgIpc) is 2.97. The largest absolute Gasteiger partial charge is 0.494 e. The van der Waals surface area contributed by atoms with Crippen molar-refractivity contribution in [3.05, 3.63) is 103 Å². The Balaban J connectivity index is 1.000. The quantitative estimate of drug-likeness (QED) is 0.169. The maximum absolute atomic E-state index is 12.4. The molecule has 7 nitrogen and oxygen atoms in total. The summed E-state index contributed by atoms with van der Waals surface area (Å²) in [5, 5.41) is 10.1. The van der Waals surface area contributed by atoms with Crippen LogP contribution in [0.15, 0.2) is 103 Å². The molecule has 7 heteroatoms. The van der Waals surface area contributed by atoms with Gasteiger partial charge >= 0.3 is 0 Å². The summed E-state index contributed by atoms with van der Waals surface area (Å²) >= 11 is 0. The number of aromatic nitrogens is 1. The van der Waals surface area contributed by atoms with Crippen LogP contribution in [0.3, 0.4) is 0 Å². The topological polar surface area (TPSA) is 89.6 Å². The zero-order chi connectivity index (χ0) is 27.6. The number of rotatable bonds is 12. The maximum Gasteiger partial charge on any atom is 0.225 e. The van der Waals surface area contributed by atoms with Gasteiger partial charge in [-0.25, -0.2) is 4.98 Å². The summed E-state index contributed by atoms with van der Waals surface area (Å²) < 4.78 is 11.6. The van der Waals surface area contributed by atoms with Gasteiger partial charge in [-0.3, -0.25) is 9.59 Å². The van der Waals surface area contributed by atoms with Gasteiger partial charge < -0.3 is 20.1 Å². The van der Waals surface area contributed by atoms with E-state index in [0.29, 0.717) is 50.5 Å². The molecule has 4 aromatic carbocycles. The highest BCUT2D eigenvalue weighted by molar-refractivity contribution is 5.92. The molecule has 0 unspecified atom stereocenters. The molecule has 0 aliphatic carbocycles. The third kappa shape index (κ3) is 7.57. The van der Waals surface area contributed by atoms with Crippen LogP contribution in [-0.4, -0.2) is 30.0 Å². The number of hydrogen-bond acceptors (Lipinski definition) is 5. The van der Waals surface area contributed by atoms with Gasteiger partial charge in [-0.1, -0.05) is 66.7 Å². The Bertz CT molecular complexity index is 1500. The molecule has 5 aromatic rings. The highest BCUT2D eigenvalue weighted by atomic mass is 16.5. The Kier molecular flexibility index (Phi) is 8.84. The molecule has 0 aliphatic heterocycles. The molecular formula is C33H31N3O4. The fourth-order valence-electron chi connectivity index (χ4n) is 4.34. The molecular weight excluding hydrogens is 502 g/mol. The van der Waals surface area contributed by atoms with Crippen molar-refractivity contribution in [2.24, 2.45) is 0 Å². The monoisotopic (exact) mass is 533 g/mol. The Hall–Kier alpha value is -4.91. The lowest BCUT2D eigenvalue weighted by Crippen LogP contribution is -2.16. The van der Waals surface area contributed by atoms with E-state index < -0.39 is 0 Å². The minimum absolute atomic E-state index is 0.163. The van der Waals surface area contributed by atoms with Crippen molar-refractivity contribution in [2.75, 3.05) is 23.8 Å². The molecule has 1 heterocycles. The van der Waals surface area contributed by atoms with Gasteiger partial charge in [0.25, 0.3) is 0 Å². The standard InChI is InChI=1S/C33H31N3O4/c37-32(14-6-20-39-28-18-16-24-8-1-3-10-26(24)22-28)35-30-12-5-13-31(34-30)36-33(38)15-7-21-40-29-19-17-25-9-2-4-11-27(25)23-29/h1-5,8-13,16-19,22-23H,6-7,14-15,20-21H2,(H2,34,35,36,37,38). The highest BCUT2D eigenvalue weighted by Crippen LogP contribution is 2.22. The number of nitrogens with one attached hydrogen (secondary N) is 2. The van der Waals surface area contributed by atoms with Crippen molar-refractivity contribution in [1.29, 1.82) is 0 Å². The van der Waals surface area contributed by atoms with E-state index in [9.17, 15) is 9.59 Å². The van der Waals surface area contributed by atoms with E-state index in [1.54, 1.807) is 18.2 Å². The number of pyridine rings is 1. The number of carbonyl (C=O) groups excluding carboxylic acids is 2. The normalized spacial score (nSPS) is 10.8. The maximum atomic E-state index is 12.4. The number of benzene rings is 4. The number of anilines is 2. The zero-order valence-corrected chi connectivity index (χ0v) is 22.1. The third-order valence-electron chi connectivity index (χ3n) is 6.36. The molecule has 0 atom stereocenters. The second-order valence-corrected chi connectivity index (χ2v) is 9.43. The molecule has 0 aliphatic rings. The molecule has 0 bridgehead atoms. The second kappa shape index (κ2) is 13.2. The predicted octanol–water partition coefficient (Wildman–Crippen LogP) is 6.98. The number of carbonyl (C=O) groups is 2. The fraction of sp³-hybridized carbons (Fsp3) is 0.182. The average molecular weight is 534 g/mol. The van der Waals surface area contributed by atoms with Crippen molar-refractivity contribution in [1.82, 2.24) is 4.98 Å². The van der Waals surface area contributed by atoms with Gasteiger partial charge in [-0.05, 0) is 70.8 Å². The van der Waals surface area contributed by atoms with Gasteiger partial charge in [0.2, 0.25) is 11.8 Å². The third-order valence-corrected chi connectivity index (χ3v) is 6.36. The van der Waals surface area contributed by atoms with Crippen LogP contribution in [0.2, 0.25) is 0 Å². The Morgan fingerprint density at radius 1 is 0.550 bits per heavy atom. The number of ether oxygens (including phenoxy) is 2. The van der Waals surface area contributed by atoms with E-state index in [2.05, 4.69) is 27.8 Å². The first-order valence-corrected chi connectivity index (χ1v) is 13.4. The van der Waals surface area contributed by atoms with Crippen LogP contribution < -0.4 is 20.1 Å². The van der Waals surface area contributed by atoms with Crippen LogP contribution in [0.5, 0.6) is 11.5 Å². The van der Waals surface area contributed by atoms with Crippen LogP contribution in [0.25, 0.3) is 21.5 Å². The fourth-order valence-corrected chi connectivity index (χ4v) is 4.34. The first-order chi connectivity index (χ1) is 19.6. The number of fused-ring (bicyclic) bond motifs is 2. The van der Waals surface area contributed by atoms with Gasteiger partial charge in [0.15, 0.2) is 0 Å². The molecule has 2 amide bonds. The van der Waals surface area contributed by atoms with E-state index in [0.717, 1.165) is 33.0 Å². The summed E-state index contributed by atoms with van der Waals surface area (Å²) in [5.41, 5.74) is 0. The van der Waals surface area contributed by atoms with Crippen LogP contribution >= 0.6 is 0 Å². The van der Waals surface area contributed by atoms with Crippen LogP contribution in [0, 0.1) is 0 Å². The molecule has 0 fully saturated rings. The molecule has 0 saturated heterocycles. The van der Waals surface area contributed by atoms with Gasteiger partial charge in [0.05, 0.1) is 13.2 Å². The lowest BCUT2D eigenvalue weighted by atomic mass is 10.1. The first kappa shape index (κ1) is 26.7. The lowest BCUT2D eigenvalue weighted by molar-refractivity contribution is -0.117. The van der Waals surface area contributed by atoms with Crippen molar-refractivity contribution in [3.8, 4) is 11.5 Å². The van der Waals surface area contributed by atoms with Gasteiger partial charge in [-0.2, -0.15) is 0 Å². The summed E-state index contributed by atoms with van der Waals surface area (Å²) in [6.07, 6.45) is 1.72. The molecule has 40 heavy (non-hydrogen) atoms. The van der Waals surface area contributed by atoms with Gasteiger partial charge in [-0.15, -0.1) is 0 Å². The Labute approximate surface area is 233 Å². The SMILES string of the molecule is O=C(CCCOc1ccc2ccccc2c1)Nc1cccc(NC(=O)CCCOc2ccc3ccccc3c2)n1.